The third-order valence-corrected chi connectivity index (χ3v) is 4.93. The van der Waals surface area contributed by atoms with Gasteiger partial charge in [-0.25, -0.2) is 0 Å². The summed E-state index contributed by atoms with van der Waals surface area (Å²) in [6, 6.07) is 12.4. The van der Waals surface area contributed by atoms with Gasteiger partial charge in [0.15, 0.2) is 11.5 Å². The van der Waals surface area contributed by atoms with Gasteiger partial charge in [-0.3, -0.25) is 9.59 Å². The summed E-state index contributed by atoms with van der Waals surface area (Å²) in [5, 5.41) is 2.93. The maximum Gasteiger partial charge on any atom is 0.251 e. The van der Waals surface area contributed by atoms with Gasteiger partial charge in [-0.05, 0) is 36.4 Å². The zero-order chi connectivity index (χ0) is 18.1. The summed E-state index contributed by atoms with van der Waals surface area (Å²) in [5.41, 5.74) is 1.32. The zero-order valence-corrected chi connectivity index (χ0v) is 15.5. The standard InChI is InChI=1S/C19H17BrN2O4/c20-13-3-1-12(2-4-13)19(24)21-14-9-18(23)22(11-14)15-5-6-16-17(10-15)26-8-7-25-16/h1-6,10,14H,7-9,11H2,(H,21,24). The number of rotatable bonds is 3. The lowest BCUT2D eigenvalue weighted by molar-refractivity contribution is -0.117. The fraction of sp³-hybridized carbons (Fsp3) is 0.263. The predicted octanol–water partition coefficient (Wildman–Crippen LogP) is 2.76. The number of anilines is 1. The summed E-state index contributed by atoms with van der Waals surface area (Å²) in [7, 11) is 0. The fourth-order valence-corrected chi connectivity index (χ4v) is 3.39. The van der Waals surface area contributed by atoms with E-state index in [1.807, 2.05) is 30.3 Å². The molecule has 26 heavy (non-hydrogen) atoms. The molecule has 1 unspecified atom stereocenters. The maximum absolute atomic E-state index is 12.4. The van der Waals surface area contributed by atoms with Crippen molar-refractivity contribution in [3.05, 3.63) is 52.5 Å². The van der Waals surface area contributed by atoms with Crippen LogP contribution in [0.25, 0.3) is 0 Å². The molecule has 7 heteroatoms. The monoisotopic (exact) mass is 416 g/mol. The van der Waals surface area contributed by atoms with Crippen LogP contribution in [-0.2, 0) is 4.79 Å². The van der Waals surface area contributed by atoms with Crippen LogP contribution < -0.4 is 19.7 Å². The molecule has 2 aliphatic heterocycles. The van der Waals surface area contributed by atoms with E-state index in [1.165, 1.54) is 0 Å². The molecule has 0 bridgehead atoms. The van der Waals surface area contributed by atoms with Crippen LogP contribution in [0.1, 0.15) is 16.8 Å². The van der Waals surface area contributed by atoms with E-state index in [0.29, 0.717) is 36.8 Å². The lowest BCUT2D eigenvalue weighted by Crippen LogP contribution is -2.37. The number of ether oxygens (including phenoxy) is 2. The highest BCUT2D eigenvalue weighted by Crippen LogP contribution is 2.35. The largest absolute Gasteiger partial charge is 0.486 e. The molecule has 6 nitrogen and oxygen atoms in total. The van der Waals surface area contributed by atoms with Crippen LogP contribution in [0, 0.1) is 0 Å². The van der Waals surface area contributed by atoms with Crippen LogP contribution in [0.3, 0.4) is 0 Å². The van der Waals surface area contributed by atoms with Gasteiger partial charge in [0.05, 0.1) is 6.04 Å². The van der Waals surface area contributed by atoms with Crippen molar-refractivity contribution in [2.45, 2.75) is 12.5 Å². The molecule has 0 radical (unpaired) electrons. The van der Waals surface area contributed by atoms with Crippen molar-refractivity contribution < 1.29 is 19.1 Å². The van der Waals surface area contributed by atoms with Crippen molar-refractivity contribution in [2.75, 3.05) is 24.7 Å². The number of hydrogen-bond donors (Lipinski definition) is 1. The number of halogens is 1. The minimum absolute atomic E-state index is 0.0252. The van der Waals surface area contributed by atoms with Crippen molar-refractivity contribution >= 4 is 33.4 Å². The second kappa shape index (κ2) is 6.99. The summed E-state index contributed by atoms with van der Waals surface area (Å²) in [6.45, 7) is 1.45. The average Bonchev–Trinajstić information content (AvgIpc) is 3.02. The summed E-state index contributed by atoms with van der Waals surface area (Å²) >= 11 is 3.35. The minimum atomic E-state index is -0.230. The molecule has 4 rings (SSSR count). The predicted molar refractivity (Wildman–Crippen MR) is 99.8 cm³/mol. The topological polar surface area (TPSA) is 67.9 Å². The van der Waals surface area contributed by atoms with Crippen LogP contribution >= 0.6 is 15.9 Å². The SMILES string of the molecule is O=C(NC1CC(=O)N(c2ccc3c(c2)OCCO3)C1)c1ccc(Br)cc1. The highest BCUT2D eigenvalue weighted by molar-refractivity contribution is 9.10. The molecule has 0 aliphatic carbocycles. The third kappa shape index (κ3) is 3.39. The Morgan fingerprint density at radius 3 is 2.58 bits per heavy atom. The van der Waals surface area contributed by atoms with E-state index in [1.54, 1.807) is 17.0 Å². The van der Waals surface area contributed by atoms with Gasteiger partial charge in [-0.2, -0.15) is 0 Å². The van der Waals surface area contributed by atoms with Gasteiger partial charge in [-0.15, -0.1) is 0 Å². The Bertz CT molecular complexity index is 853. The Kier molecular flexibility index (Phi) is 4.55. The Hall–Kier alpha value is -2.54. The first-order valence-corrected chi connectivity index (χ1v) is 9.16. The van der Waals surface area contributed by atoms with E-state index in [0.717, 1.165) is 10.2 Å². The van der Waals surface area contributed by atoms with Crippen molar-refractivity contribution in [1.29, 1.82) is 0 Å². The van der Waals surface area contributed by atoms with Crippen LogP contribution in [0.15, 0.2) is 46.9 Å². The maximum atomic E-state index is 12.4. The molecule has 2 aromatic carbocycles. The number of carbonyl (C=O) groups excluding carboxylic acids is 2. The first-order chi connectivity index (χ1) is 12.6. The van der Waals surface area contributed by atoms with Crippen molar-refractivity contribution in [3.63, 3.8) is 0 Å². The molecule has 1 N–H and O–H groups in total. The van der Waals surface area contributed by atoms with Crippen LogP contribution in [-0.4, -0.2) is 37.6 Å². The van der Waals surface area contributed by atoms with E-state index in [9.17, 15) is 9.59 Å². The molecule has 2 aromatic rings. The fourth-order valence-electron chi connectivity index (χ4n) is 3.12. The van der Waals surface area contributed by atoms with Gasteiger partial charge in [0.1, 0.15) is 13.2 Å². The zero-order valence-electron chi connectivity index (χ0n) is 13.9. The molecule has 2 amide bonds. The first-order valence-electron chi connectivity index (χ1n) is 8.36. The number of benzene rings is 2. The highest BCUT2D eigenvalue weighted by atomic mass is 79.9. The second-order valence-corrected chi connectivity index (χ2v) is 7.13. The van der Waals surface area contributed by atoms with Gasteiger partial charge < -0.3 is 19.7 Å². The smallest absolute Gasteiger partial charge is 0.251 e. The number of fused-ring (bicyclic) bond motifs is 1. The molecule has 134 valence electrons. The van der Waals surface area contributed by atoms with Crippen molar-refractivity contribution in [2.24, 2.45) is 0 Å². The Morgan fingerprint density at radius 2 is 1.81 bits per heavy atom. The van der Waals surface area contributed by atoms with E-state index in [2.05, 4.69) is 21.2 Å². The molecule has 1 fully saturated rings. The number of hydrogen-bond acceptors (Lipinski definition) is 4. The van der Waals surface area contributed by atoms with Crippen LogP contribution in [0.5, 0.6) is 11.5 Å². The Balaban J connectivity index is 1.45. The lowest BCUT2D eigenvalue weighted by atomic mass is 10.2. The molecule has 0 saturated carbocycles. The summed E-state index contributed by atoms with van der Waals surface area (Å²) in [5.74, 6) is 1.12. The summed E-state index contributed by atoms with van der Waals surface area (Å²) in [6.07, 6.45) is 0.275. The Labute approximate surface area is 159 Å². The molecular weight excluding hydrogens is 400 g/mol. The molecule has 2 heterocycles. The number of nitrogens with one attached hydrogen (secondary N) is 1. The van der Waals surface area contributed by atoms with Gasteiger partial charge in [0, 0.05) is 34.8 Å². The van der Waals surface area contributed by atoms with Crippen LogP contribution in [0.2, 0.25) is 0 Å². The molecule has 2 aliphatic rings. The second-order valence-electron chi connectivity index (χ2n) is 6.21. The molecule has 1 atom stereocenters. The molecule has 1 saturated heterocycles. The number of nitrogens with zero attached hydrogens (tertiary/aromatic N) is 1. The van der Waals surface area contributed by atoms with Gasteiger partial charge in [0.25, 0.3) is 5.91 Å². The summed E-state index contributed by atoms with van der Waals surface area (Å²) in [4.78, 5) is 26.4. The van der Waals surface area contributed by atoms with Gasteiger partial charge >= 0.3 is 0 Å². The number of amides is 2. The quantitative estimate of drug-likeness (QED) is 0.834. The molecular formula is C19H17BrN2O4. The third-order valence-electron chi connectivity index (χ3n) is 4.40. The van der Waals surface area contributed by atoms with Gasteiger partial charge in [0.2, 0.25) is 5.91 Å². The van der Waals surface area contributed by atoms with Crippen LogP contribution in [0.4, 0.5) is 5.69 Å². The lowest BCUT2D eigenvalue weighted by Gasteiger charge is -2.22. The number of carbonyl (C=O) groups is 2. The summed E-state index contributed by atoms with van der Waals surface area (Å²) < 4.78 is 12.0. The minimum Gasteiger partial charge on any atom is -0.486 e. The highest BCUT2D eigenvalue weighted by Gasteiger charge is 2.32. The average molecular weight is 417 g/mol. The van der Waals surface area contributed by atoms with E-state index >= 15 is 0 Å². The van der Waals surface area contributed by atoms with E-state index in [4.69, 9.17) is 9.47 Å². The molecule has 0 spiro atoms. The Morgan fingerprint density at radius 1 is 1.08 bits per heavy atom. The van der Waals surface area contributed by atoms with Crippen molar-refractivity contribution in [1.82, 2.24) is 5.32 Å². The van der Waals surface area contributed by atoms with E-state index < -0.39 is 0 Å². The normalized spacial score (nSPS) is 18.7. The first kappa shape index (κ1) is 16.9. The van der Waals surface area contributed by atoms with E-state index in [-0.39, 0.29) is 24.3 Å². The molecule has 0 aromatic heterocycles. The van der Waals surface area contributed by atoms with Crippen molar-refractivity contribution in [3.8, 4) is 11.5 Å². The van der Waals surface area contributed by atoms with Gasteiger partial charge in [-0.1, -0.05) is 15.9 Å².